The van der Waals surface area contributed by atoms with Crippen LogP contribution in [0.3, 0.4) is 0 Å². The van der Waals surface area contributed by atoms with E-state index in [0.717, 1.165) is 44.8 Å². The van der Waals surface area contributed by atoms with E-state index in [1.807, 2.05) is 4.90 Å². The second kappa shape index (κ2) is 6.12. The van der Waals surface area contributed by atoms with E-state index < -0.39 is 0 Å². The van der Waals surface area contributed by atoms with E-state index in [0.29, 0.717) is 11.1 Å². The number of piperazine rings is 1. The van der Waals surface area contributed by atoms with Gasteiger partial charge in [0.2, 0.25) is 0 Å². The molecule has 0 saturated carbocycles. The van der Waals surface area contributed by atoms with Crippen LogP contribution in [-0.2, 0) is 0 Å². The molecular weight excluding hydrogens is 274 g/mol. The summed E-state index contributed by atoms with van der Waals surface area (Å²) >= 11 is 5.86. The first-order valence-electron chi connectivity index (χ1n) is 7.23. The van der Waals surface area contributed by atoms with E-state index in [9.17, 15) is 4.79 Å². The third-order valence-electron chi connectivity index (χ3n) is 4.24. The smallest absolute Gasteiger partial charge is 0.253 e. The molecule has 108 valence electrons. The van der Waals surface area contributed by atoms with E-state index >= 15 is 0 Å². The van der Waals surface area contributed by atoms with Crippen molar-refractivity contribution in [2.75, 3.05) is 39.3 Å². The van der Waals surface area contributed by atoms with Crippen LogP contribution in [-0.4, -0.2) is 61.0 Å². The third kappa shape index (κ3) is 2.97. The van der Waals surface area contributed by atoms with Crippen LogP contribution in [0.25, 0.3) is 0 Å². The van der Waals surface area contributed by atoms with Gasteiger partial charge in [-0.25, -0.2) is 0 Å². The fourth-order valence-electron chi connectivity index (χ4n) is 3.02. The van der Waals surface area contributed by atoms with Gasteiger partial charge in [0.25, 0.3) is 5.91 Å². The molecule has 2 saturated heterocycles. The number of nitrogens with one attached hydrogen (secondary N) is 1. The lowest BCUT2D eigenvalue weighted by molar-refractivity contribution is 0.0584. The van der Waals surface area contributed by atoms with Crippen LogP contribution >= 0.6 is 11.6 Å². The average molecular weight is 294 g/mol. The minimum Gasteiger partial charge on any atom is -0.336 e. The summed E-state index contributed by atoms with van der Waals surface area (Å²) in [6.45, 7) is 5.80. The topological polar surface area (TPSA) is 35.6 Å². The number of carbonyl (C=O) groups excluding carboxylic acids is 1. The molecule has 2 aliphatic rings. The SMILES string of the molecule is O=C(c1ccc(Cl)cc1)N1CCN(C2CCNC2)CC1. The van der Waals surface area contributed by atoms with Gasteiger partial charge < -0.3 is 10.2 Å². The second-order valence-corrected chi connectivity index (χ2v) is 5.92. The Hall–Kier alpha value is -1.10. The van der Waals surface area contributed by atoms with Gasteiger partial charge in [0.1, 0.15) is 0 Å². The van der Waals surface area contributed by atoms with Crippen molar-refractivity contribution in [2.24, 2.45) is 0 Å². The number of rotatable bonds is 2. The van der Waals surface area contributed by atoms with Crippen LogP contribution in [0.1, 0.15) is 16.8 Å². The molecular formula is C15H20ClN3O. The van der Waals surface area contributed by atoms with Crippen molar-refractivity contribution in [3.63, 3.8) is 0 Å². The Morgan fingerprint density at radius 1 is 1.15 bits per heavy atom. The first-order chi connectivity index (χ1) is 9.74. The Bertz CT molecular complexity index is 463. The van der Waals surface area contributed by atoms with E-state index in [-0.39, 0.29) is 5.91 Å². The van der Waals surface area contributed by atoms with Crippen molar-refractivity contribution in [3.05, 3.63) is 34.9 Å². The summed E-state index contributed by atoms with van der Waals surface area (Å²) in [5.41, 5.74) is 0.727. The molecule has 1 unspecified atom stereocenters. The molecule has 4 nitrogen and oxygen atoms in total. The minimum absolute atomic E-state index is 0.117. The molecule has 2 fully saturated rings. The molecule has 0 spiro atoms. The van der Waals surface area contributed by atoms with Gasteiger partial charge in [-0.2, -0.15) is 0 Å². The van der Waals surface area contributed by atoms with Crippen LogP contribution in [0.2, 0.25) is 5.02 Å². The maximum atomic E-state index is 12.4. The highest BCUT2D eigenvalue weighted by Gasteiger charge is 2.27. The van der Waals surface area contributed by atoms with E-state index in [4.69, 9.17) is 11.6 Å². The quantitative estimate of drug-likeness (QED) is 0.897. The summed E-state index contributed by atoms with van der Waals surface area (Å²) in [6, 6.07) is 7.81. The summed E-state index contributed by atoms with van der Waals surface area (Å²) in [5.74, 6) is 0.117. The van der Waals surface area contributed by atoms with Gasteiger partial charge in [-0.15, -0.1) is 0 Å². The summed E-state index contributed by atoms with van der Waals surface area (Å²) in [5, 5.41) is 4.07. The third-order valence-corrected chi connectivity index (χ3v) is 4.50. The Morgan fingerprint density at radius 2 is 1.85 bits per heavy atom. The van der Waals surface area contributed by atoms with Crippen LogP contribution < -0.4 is 5.32 Å². The molecule has 20 heavy (non-hydrogen) atoms. The highest BCUT2D eigenvalue weighted by molar-refractivity contribution is 6.30. The molecule has 1 aromatic carbocycles. The lowest BCUT2D eigenvalue weighted by Gasteiger charge is -2.37. The van der Waals surface area contributed by atoms with Gasteiger partial charge in [0, 0.05) is 49.4 Å². The van der Waals surface area contributed by atoms with Crippen molar-refractivity contribution in [2.45, 2.75) is 12.5 Å². The average Bonchev–Trinajstić information content (AvgIpc) is 3.02. The van der Waals surface area contributed by atoms with Crippen LogP contribution in [0.15, 0.2) is 24.3 Å². The largest absolute Gasteiger partial charge is 0.336 e. The van der Waals surface area contributed by atoms with Crippen molar-refractivity contribution in [3.8, 4) is 0 Å². The van der Waals surface area contributed by atoms with E-state index in [1.165, 1.54) is 6.42 Å². The van der Waals surface area contributed by atoms with Crippen LogP contribution in [0.5, 0.6) is 0 Å². The van der Waals surface area contributed by atoms with Crippen LogP contribution in [0, 0.1) is 0 Å². The molecule has 0 radical (unpaired) electrons. The summed E-state index contributed by atoms with van der Waals surface area (Å²) in [7, 11) is 0. The number of hydrogen-bond acceptors (Lipinski definition) is 3. The number of hydrogen-bond donors (Lipinski definition) is 1. The fourth-order valence-corrected chi connectivity index (χ4v) is 3.14. The minimum atomic E-state index is 0.117. The predicted molar refractivity (Wildman–Crippen MR) is 80.2 cm³/mol. The molecule has 1 aromatic rings. The lowest BCUT2D eigenvalue weighted by atomic mass is 10.1. The predicted octanol–water partition coefficient (Wildman–Crippen LogP) is 1.46. The van der Waals surface area contributed by atoms with Crippen molar-refractivity contribution in [1.82, 2.24) is 15.1 Å². The second-order valence-electron chi connectivity index (χ2n) is 5.48. The Morgan fingerprint density at radius 3 is 2.45 bits per heavy atom. The molecule has 5 heteroatoms. The summed E-state index contributed by atoms with van der Waals surface area (Å²) < 4.78 is 0. The zero-order valence-corrected chi connectivity index (χ0v) is 12.3. The van der Waals surface area contributed by atoms with Gasteiger partial charge >= 0.3 is 0 Å². The first-order valence-corrected chi connectivity index (χ1v) is 7.61. The molecule has 1 N–H and O–H groups in total. The van der Waals surface area contributed by atoms with Crippen molar-refractivity contribution in [1.29, 1.82) is 0 Å². The molecule has 2 aliphatic heterocycles. The molecule has 0 bridgehead atoms. The first kappa shape index (κ1) is 13.9. The summed E-state index contributed by atoms with van der Waals surface area (Å²) in [6.07, 6.45) is 1.23. The van der Waals surface area contributed by atoms with Gasteiger partial charge in [-0.1, -0.05) is 11.6 Å². The van der Waals surface area contributed by atoms with Gasteiger partial charge in [-0.05, 0) is 37.2 Å². The zero-order valence-electron chi connectivity index (χ0n) is 11.5. The standard InChI is InChI=1S/C15H20ClN3O/c16-13-3-1-12(2-4-13)15(20)19-9-7-18(8-10-19)14-5-6-17-11-14/h1-4,14,17H,5-11H2. The van der Waals surface area contributed by atoms with Crippen molar-refractivity contribution < 1.29 is 4.79 Å². The molecule has 2 heterocycles. The molecule has 1 amide bonds. The molecule has 0 aliphatic carbocycles. The molecule has 0 aromatic heterocycles. The fraction of sp³-hybridized carbons (Fsp3) is 0.533. The highest BCUT2D eigenvalue weighted by atomic mass is 35.5. The molecule has 1 atom stereocenters. The number of carbonyl (C=O) groups is 1. The monoisotopic (exact) mass is 293 g/mol. The molecule has 3 rings (SSSR count). The maximum Gasteiger partial charge on any atom is 0.253 e. The van der Waals surface area contributed by atoms with Crippen LogP contribution in [0.4, 0.5) is 0 Å². The number of benzene rings is 1. The Balaban J connectivity index is 1.57. The maximum absolute atomic E-state index is 12.4. The highest BCUT2D eigenvalue weighted by Crippen LogP contribution is 2.15. The Kier molecular flexibility index (Phi) is 4.24. The summed E-state index contributed by atoms with van der Waals surface area (Å²) in [4.78, 5) is 16.8. The van der Waals surface area contributed by atoms with E-state index in [1.54, 1.807) is 24.3 Å². The zero-order chi connectivity index (χ0) is 13.9. The Labute approximate surface area is 124 Å². The van der Waals surface area contributed by atoms with Gasteiger partial charge in [-0.3, -0.25) is 9.69 Å². The lowest BCUT2D eigenvalue weighted by Crippen LogP contribution is -2.52. The van der Waals surface area contributed by atoms with Crippen molar-refractivity contribution >= 4 is 17.5 Å². The number of amides is 1. The normalized spacial score (nSPS) is 24.1. The number of nitrogens with zero attached hydrogens (tertiary/aromatic N) is 2. The van der Waals surface area contributed by atoms with Gasteiger partial charge in [0.15, 0.2) is 0 Å². The number of halogens is 1. The van der Waals surface area contributed by atoms with Gasteiger partial charge in [0.05, 0.1) is 0 Å². The van der Waals surface area contributed by atoms with E-state index in [2.05, 4.69) is 10.2 Å².